The number of nitrogens with one attached hydrogen (secondary N) is 1. The number of morpholine rings is 1. The number of rotatable bonds is 6. The van der Waals surface area contributed by atoms with Crippen LogP contribution in [0.5, 0.6) is 0 Å². The number of nitrogens with zero attached hydrogens (tertiary/aromatic N) is 3. The van der Waals surface area contributed by atoms with E-state index in [0.717, 1.165) is 35.2 Å². The first-order valence-electron chi connectivity index (χ1n) is 11.2. The Labute approximate surface area is 193 Å². The molecule has 5 rings (SSSR count). The van der Waals surface area contributed by atoms with E-state index in [1.165, 1.54) is 5.56 Å². The molecule has 1 saturated heterocycles. The van der Waals surface area contributed by atoms with Crippen molar-refractivity contribution in [2.24, 2.45) is 0 Å². The van der Waals surface area contributed by atoms with Crippen LogP contribution in [-0.4, -0.2) is 53.6 Å². The first-order valence-corrected chi connectivity index (χ1v) is 11.2. The third-order valence-corrected chi connectivity index (χ3v) is 6.06. The van der Waals surface area contributed by atoms with Gasteiger partial charge in [-0.15, -0.1) is 0 Å². The Balaban J connectivity index is 1.44. The summed E-state index contributed by atoms with van der Waals surface area (Å²) in [4.78, 5) is 24.7. The van der Waals surface area contributed by atoms with Crippen LogP contribution in [0, 0.1) is 0 Å². The molecule has 6 nitrogen and oxygen atoms in total. The molecular weight excluding hydrogens is 412 g/mol. The van der Waals surface area contributed by atoms with Gasteiger partial charge < -0.3 is 10.1 Å². The Morgan fingerprint density at radius 1 is 0.970 bits per heavy atom. The summed E-state index contributed by atoms with van der Waals surface area (Å²) in [5.74, 6) is -0.0990. The molecule has 1 N–H and O–H groups in total. The third kappa shape index (κ3) is 4.77. The lowest BCUT2D eigenvalue weighted by molar-refractivity contribution is 0.0162. The van der Waals surface area contributed by atoms with Gasteiger partial charge in [0.05, 0.1) is 36.0 Å². The molecule has 1 unspecified atom stereocenters. The molecule has 1 amide bonds. The summed E-state index contributed by atoms with van der Waals surface area (Å²) in [6.07, 6.45) is 3.47. The largest absolute Gasteiger partial charge is 0.379 e. The van der Waals surface area contributed by atoms with Crippen LogP contribution in [0.1, 0.15) is 22.0 Å². The van der Waals surface area contributed by atoms with E-state index in [4.69, 9.17) is 9.72 Å². The Morgan fingerprint density at radius 3 is 2.48 bits per heavy atom. The van der Waals surface area contributed by atoms with Gasteiger partial charge in [-0.05, 0) is 29.8 Å². The zero-order chi connectivity index (χ0) is 22.5. The van der Waals surface area contributed by atoms with Crippen LogP contribution >= 0.6 is 0 Å². The highest BCUT2D eigenvalue weighted by atomic mass is 16.5. The first kappa shape index (κ1) is 21.2. The maximum Gasteiger partial charge on any atom is 0.252 e. The van der Waals surface area contributed by atoms with Crippen LogP contribution < -0.4 is 5.32 Å². The second-order valence-corrected chi connectivity index (χ2v) is 8.09. The number of hydrogen-bond donors (Lipinski definition) is 1. The Bertz CT molecular complexity index is 1220. The number of aromatic nitrogens is 2. The predicted molar refractivity (Wildman–Crippen MR) is 129 cm³/mol. The average Bonchev–Trinajstić information content (AvgIpc) is 2.90. The molecule has 166 valence electrons. The minimum Gasteiger partial charge on any atom is -0.379 e. The molecule has 0 saturated carbocycles. The fraction of sp³-hybridized carbons (Fsp3) is 0.222. The van der Waals surface area contributed by atoms with Crippen LogP contribution in [0.3, 0.4) is 0 Å². The van der Waals surface area contributed by atoms with Gasteiger partial charge in [0.25, 0.3) is 5.91 Å². The summed E-state index contributed by atoms with van der Waals surface area (Å²) in [7, 11) is 0. The van der Waals surface area contributed by atoms with Gasteiger partial charge in [0.1, 0.15) is 0 Å². The van der Waals surface area contributed by atoms with Gasteiger partial charge >= 0.3 is 0 Å². The maximum atomic E-state index is 13.5. The monoisotopic (exact) mass is 438 g/mol. The number of ether oxygens (including phenoxy) is 1. The van der Waals surface area contributed by atoms with Gasteiger partial charge in [-0.1, -0.05) is 48.5 Å². The topological polar surface area (TPSA) is 67.4 Å². The van der Waals surface area contributed by atoms with Crippen molar-refractivity contribution >= 4 is 16.8 Å². The number of pyridine rings is 2. The Kier molecular flexibility index (Phi) is 6.37. The highest BCUT2D eigenvalue weighted by Crippen LogP contribution is 2.25. The summed E-state index contributed by atoms with van der Waals surface area (Å²) < 4.78 is 5.54. The van der Waals surface area contributed by atoms with Gasteiger partial charge in [-0.25, -0.2) is 4.98 Å². The molecule has 1 aliphatic rings. The number of benzene rings is 2. The average molecular weight is 439 g/mol. The van der Waals surface area contributed by atoms with Crippen molar-refractivity contribution in [1.29, 1.82) is 0 Å². The van der Waals surface area contributed by atoms with Gasteiger partial charge in [-0.3, -0.25) is 14.7 Å². The molecule has 1 fully saturated rings. The lowest BCUT2D eigenvalue weighted by Gasteiger charge is -2.35. The molecule has 4 aromatic rings. The summed E-state index contributed by atoms with van der Waals surface area (Å²) in [5.41, 5.74) is 4.30. The second kappa shape index (κ2) is 9.90. The molecular formula is C27H26N4O2. The quantitative estimate of drug-likeness (QED) is 0.491. The van der Waals surface area contributed by atoms with E-state index in [1.807, 2.05) is 60.7 Å². The summed E-state index contributed by atoms with van der Waals surface area (Å²) in [6, 6.07) is 23.9. The van der Waals surface area contributed by atoms with Crippen molar-refractivity contribution in [3.8, 4) is 11.3 Å². The molecule has 6 heteroatoms. The molecule has 33 heavy (non-hydrogen) atoms. The van der Waals surface area contributed by atoms with E-state index in [0.29, 0.717) is 25.3 Å². The number of hydrogen-bond acceptors (Lipinski definition) is 5. The smallest absolute Gasteiger partial charge is 0.252 e. The lowest BCUT2D eigenvalue weighted by atomic mass is 10.0. The van der Waals surface area contributed by atoms with Crippen molar-refractivity contribution in [2.45, 2.75) is 6.04 Å². The molecule has 0 aliphatic carbocycles. The van der Waals surface area contributed by atoms with Gasteiger partial charge in [0, 0.05) is 43.0 Å². The van der Waals surface area contributed by atoms with E-state index in [-0.39, 0.29) is 11.9 Å². The normalized spacial score (nSPS) is 15.3. The minimum absolute atomic E-state index is 0.0896. The molecule has 2 aromatic heterocycles. The van der Waals surface area contributed by atoms with E-state index in [2.05, 4.69) is 27.3 Å². The minimum atomic E-state index is -0.0990. The molecule has 3 heterocycles. The fourth-order valence-corrected chi connectivity index (χ4v) is 4.34. The standard InChI is InChI=1S/C27H26N4O2/c32-27(29-19-26(21-6-2-1-3-7-21)31-14-16-33-17-15-31)23-18-25(20-10-12-28-13-11-20)30-24-9-5-4-8-22(23)24/h1-13,18,26H,14-17,19H2,(H,29,32). The van der Waals surface area contributed by atoms with Crippen LogP contribution in [0.4, 0.5) is 0 Å². The Hall–Kier alpha value is -3.61. The summed E-state index contributed by atoms with van der Waals surface area (Å²) >= 11 is 0. The van der Waals surface area contributed by atoms with E-state index in [1.54, 1.807) is 12.4 Å². The second-order valence-electron chi connectivity index (χ2n) is 8.09. The number of amides is 1. The van der Waals surface area contributed by atoms with Gasteiger partial charge in [-0.2, -0.15) is 0 Å². The van der Waals surface area contributed by atoms with Crippen molar-refractivity contribution in [3.63, 3.8) is 0 Å². The number of carbonyl (C=O) groups is 1. The van der Waals surface area contributed by atoms with E-state index >= 15 is 0 Å². The number of fused-ring (bicyclic) bond motifs is 1. The molecule has 1 aliphatic heterocycles. The Morgan fingerprint density at radius 2 is 1.70 bits per heavy atom. The molecule has 0 spiro atoms. The summed E-state index contributed by atoms with van der Waals surface area (Å²) in [5, 5.41) is 4.05. The number of para-hydroxylation sites is 1. The van der Waals surface area contributed by atoms with Crippen molar-refractivity contribution < 1.29 is 9.53 Å². The number of carbonyl (C=O) groups excluding carboxylic acids is 1. The summed E-state index contributed by atoms with van der Waals surface area (Å²) in [6.45, 7) is 3.63. The third-order valence-electron chi connectivity index (χ3n) is 6.06. The van der Waals surface area contributed by atoms with Crippen LogP contribution in [-0.2, 0) is 4.74 Å². The van der Waals surface area contributed by atoms with Crippen LogP contribution in [0.2, 0.25) is 0 Å². The van der Waals surface area contributed by atoms with Gasteiger partial charge in [0.15, 0.2) is 0 Å². The first-order chi connectivity index (χ1) is 16.3. The highest BCUT2D eigenvalue weighted by molar-refractivity contribution is 6.07. The zero-order valence-corrected chi connectivity index (χ0v) is 18.4. The molecule has 1 atom stereocenters. The molecule has 2 aromatic carbocycles. The fourth-order valence-electron chi connectivity index (χ4n) is 4.34. The predicted octanol–water partition coefficient (Wildman–Crippen LogP) is 4.10. The molecule has 0 bridgehead atoms. The molecule has 0 radical (unpaired) electrons. The maximum absolute atomic E-state index is 13.5. The van der Waals surface area contributed by atoms with Crippen LogP contribution in [0.15, 0.2) is 85.2 Å². The highest BCUT2D eigenvalue weighted by Gasteiger charge is 2.24. The van der Waals surface area contributed by atoms with Gasteiger partial charge in [0.2, 0.25) is 0 Å². The van der Waals surface area contributed by atoms with E-state index < -0.39 is 0 Å². The zero-order valence-electron chi connectivity index (χ0n) is 18.4. The van der Waals surface area contributed by atoms with Crippen LogP contribution in [0.25, 0.3) is 22.2 Å². The van der Waals surface area contributed by atoms with E-state index in [9.17, 15) is 4.79 Å². The van der Waals surface area contributed by atoms with Crippen molar-refractivity contribution in [3.05, 3.63) is 96.3 Å². The SMILES string of the molecule is O=C(NCC(c1ccccc1)N1CCOCC1)c1cc(-c2ccncc2)nc2ccccc12. The van der Waals surface area contributed by atoms with Crippen molar-refractivity contribution in [2.75, 3.05) is 32.8 Å². The van der Waals surface area contributed by atoms with Crippen molar-refractivity contribution in [1.82, 2.24) is 20.2 Å². The lowest BCUT2D eigenvalue weighted by Crippen LogP contribution is -2.43.